The van der Waals surface area contributed by atoms with E-state index in [9.17, 15) is 0 Å². The first-order valence-corrected chi connectivity index (χ1v) is 6.02. The molecular formula is C11H20N4O. The summed E-state index contributed by atoms with van der Waals surface area (Å²) < 4.78 is 5.13. The van der Waals surface area contributed by atoms with Gasteiger partial charge in [0.2, 0.25) is 5.89 Å². The molecule has 0 aliphatic carbocycles. The second-order valence-electron chi connectivity index (χ2n) is 4.49. The van der Waals surface area contributed by atoms with Crippen molar-refractivity contribution >= 4 is 0 Å². The second-order valence-corrected chi connectivity index (χ2v) is 4.49. The summed E-state index contributed by atoms with van der Waals surface area (Å²) in [5.41, 5.74) is 5.70. The van der Waals surface area contributed by atoms with E-state index in [-0.39, 0.29) is 6.04 Å². The number of hydrogen-bond acceptors (Lipinski definition) is 5. The highest BCUT2D eigenvalue weighted by Gasteiger charge is 2.24. The molecule has 0 bridgehead atoms. The lowest BCUT2D eigenvalue weighted by Gasteiger charge is -2.29. The molecule has 0 radical (unpaired) electrons. The maximum atomic E-state index is 5.70. The van der Waals surface area contributed by atoms with Gasteiger partial charge in [-0.05, 0) is 39.4 Å². The standard InChI is InChI=1S/C11H20N4O/c1-3-15-6-4-9(5-7-15)10-13-11(8(2)12)16-14-10/h8-9H,3-7,12H2,1-2H3. The third kappa shape index (κ3) is 2.41. The summed E-state index contributed by atoms with van der Waals surface area (Å²) in [7, 11) is 0. The van der Waals surface area contributed by atoms with Gasteiger partial charge in [0.15, 0.2) is 5.82 Å². The third-order valence-electron chi connectivity index (χ3n) is 3.25. The van der Waals surface area contributed by atoms with Crippen molar-refractivity contribution < 1.29 is 4.52 Å². The maximum Gasteiger partial charge on any atom is 0.243 e. The highest BCUT2D eigenvalue weighted by atomic mass is 16.5. The Labute approximate surface area is 96.0 Å². The Balaban J connectivity index is 1.97. The van der Waals surface area contributed by atoms with Crippen LogP contribution in [0.1, 0.15) is 50.4 Å². The van der Waals surface area contributed by atoms with Crippen molar-refractivity contribution in [2.45, 2.75) is 38.6 Å². The molecule has 1 saturated heterocycles. The summed E-state index contributed by atoms with van der Waals surface area (Å²) in [6.45, 7) is 7.44. The van der Waals surface area contributed by atoms with Crippen molar-refractivity contribution in [2.75, 3.05) is 19.6 Å². The Morgan fingerprint density at radius 3 is 2.69 bits per heavy atom. The summed E-state index contributed by atoms with van der Waals surface area (Å²) in [6.07, 6.45) is 2.23. The molecule has 0 spiro atoms. The molecule has 1 unspecified atom stereocenters. The van der Waals surface area contributed by atoms with E-state index in [2.05, 4.69) is 22.0 Å². The van der Waals surface area contributed by atoms with E-state index in [1.165, 1.54) is 0 Å². The average Bonchev–Trinajstić information content (AvgIpc) is 2.78. The number of likely N-dealkylation sites (tertiary alicyclic amines) is 1. The first-order chi connectivity index (χ1) is 7.70. The van der Waals surface area contributed by atoms with Gasteiger partial charge in [0.25, 0.3) is 0 Å². The topological polar surface area (TPSA) is 68.2 Å². The number of rotatable bonds is 3. The molecule has 1 aromatic rings. The molecule has 1 fully saturated rings. The highest BCUT2D eigenvalue weighted by Crippen LogP contribution is 2.26. The molecule has 2 rings (SSSR count). The van der Waals surface area contributed by atoms with Crippen molar-refractivity contribution in [1.82, 2.24) is 15.0 Å². The fourth-order valence-electron chi connectivity index (χ4n) is 2.11. The van der Waals surface area contributed by atoms with Crippen LogP contribution in [0.25, 0.3) is 0 Å². The Bertz CT molecular complexity index is 328. The normalized spacial score (nSPS) is 21.2. The molecule has 1 atom stereocenters. The molecule has 16 heavy (non-hydrogen) atoms. The largest absolute Gasteiger partial charge is 0.338 e. The van der Waals surface area contributed by atoms with Crippen molar-refractivity contribution in [1.29, 1.82) is 0 Å². The van der Waals surface area contributed by atoms with E-state index in [4.69, 9.17) is 10.3 Å². The SMILES string of the molecule is CCN1CCC(c2noc(C(C)N)n2)CC1. The first kappa shape index (κ1) is 11.5. The van der Waals surface area contributed by atoms with Crippen LogP contribution in [-0.2, 0) is 0 Å². The molecule has 2 heterocycles. The summed E-state index contributed by atoms with van der Waals surface area (Å²) in [5.74, 6) is 1.83. The van der Waals surface area contributed by atoms with Crippen molar-refractivity contribution in [3.63, 3.8) is 0 Å². The lowest BCUT2D eigenvalue weighted by Crippen LogP contribution is -2.32. The van der Waals surface area contributed by atoms with Crippen LogP contribution < -0.4 is 5.73 Å². The number of aromatic nitrogens is 2. The maximum absolute atomic E-state index is 5.70. The van der Waals surface area contributed by atoms with Crippen LogP contribution in [0.4, 0.5) is 0 Å². The van der Waals surface area contributed by atoms with Gasteiger partial charge < -0.3 is 15.2 Å². The van der Waals surface area contributed by atoms with E-state index < -0.39 is 0 Å². The minimum Gasteiger partial charge on any atom is -0.338 e. The quantitative estimate of drug-likeness (QED) is 0.837. The van der Waals surface area contributed by atoms with Gasteiger partial charge in [0.1, 0.15) is 0 Å². The number of hydrogen-bond donors (Lipinski definition) is 1. The fourth-order valence-corrected chi connectivity index (χ4v) is 2.11. The third-order valence-corrected chi connectivity index (χ3v) is 3.25. The van der Waals surface area contributed by atoms with Crippen LogP contribution in [0.15, 0.2) is 4.52 Å². The number of piperidine rings is 1. The van der Waals surface area contributed by atoms with Crippen LogP contribution in [0.5, 0.6) is 0 Å². The highest BCUT2D eigenvalue weighted by molar-refractivity contribution is 4.99. The minimum absolute atomic E-state index is 0.169. The zero-order chi connectivity index (χ0) is 11.5. The lowest BCUT2D eigenvalue weighted by molar-refractivity contribution is 0.217. The minimum atomic E-state index is -0.169. The van der Waals surface area contributed by atoms with Gasteiger partial charge in [0, 0.05) is 5.92 Å². The molecule has 0 aromatic carbocycles. The zero-order valence-electron chi connectivity index (χ0n) is 10.0. The van der Waals surface area contributed by atoms with Crippen LogP contribution in [0.2, 0.25) is 0 Å². The Morgan fingerprint density at radius 2 is 2.19 bits per heavy atom. The lowest BCUT2D eigenvalue weighted by atomic mass is 9.96. The van der Waals surface area contributed by atoms with Gasteiger partial charge >= 0.3 is 0 Å². The smallest absolute Gasteiger partial charge is 0.243 e. The molecule has 90 valence electrons. The molecule has 2 N–H and O–H groups in total. The Morgan fingerprint density at radius 1 is 1.50 bits per heavy atom. The molecule has 0 saturated carbocycles. The molecule has 5 heteroatoms. The van der Waals surface area contributed by atoms with Crippen LogP contribution in [-0.4, -0.2) is 34.7 Å². The van der Waals surface area contributed by atoms with Crippen molar-refractivity contribution in [3.05, 3.63) is 11.7 Å². The molecule has 1 aromatic heterocycles. The monoisotopic (exact) mass is 224 g/mol. The van der Waals surface area contributed by atoms with Gasteiger partial charge in [-0.15, -0.1) is 0 Å². The van der Waals surface area contributed by atoms with E-state index >= 15 is 0 Å². The van der Waals surface area contributed by atoms with E-state index in [1.807, 2.05) is 6.92 Å². The number of nitrogens with zero attached hydrogens (tertiary/aromatic N) is 3. The van der Waals surface area contributed by atoms with E-state index in [0.717, 1.165) is 38.3 Å². The molecule has 1 aliphatic heterocycles. The summed E-state index contributed by atoms with van der Waals surface area (Å²) in [4.78, 5) is 6.81. The molecule has 1 aliphatic rings. The predicted octanol–water partition coefficient (Wildman–Crippen LogP) is 1.29. The van der Waals surface area contributed by atoms with Crippen LogP contribution in [0, 0.1) is 0 Å². The van der Waals surface area contributed by atoms with Crippen molar-refractivity contribution in [2.24, 2.45) is 5.73 Å². The van der Waals surface area contributed by atoms with Gasteiger partial charge in [-0.25, -0.2) is 0 Å². The van der Waals surface area contributed by atoms with Crippen LogP contribution in [0.3, 0.4) is 0 Å². The second kappa shape index (κ2) is 4.93. The van der Waals surface area contributed by atoms with Crippen LogP contribution >= 0.6 is 0 Å². The molecule has 0 amide bonds. The molecule has 5 nitrogen and oxygen atoms in total. The summed E-state index contributed by atoms with van der Waals surface area (Å²) in [6, 6.07) is -0.169. The zero-order valence-corrected chi connectivity index (χ0v) is 10.0. The van der Waals surface area contributed by atoms with Gasteiger partial charge in [0.05, 0.1) is 6.04 Å². The number of nitrogens with two attached hydrogens (primary N) is 1. The van der Waals surface area contributed by atoms with Gasteiger partial charge in [-0.3, -0.25) is 0 Å². The average molecular weight is 224 g/mol. The Kier molecular flexibility index (Phi) is 3.56. The van der Waals surface area contributed by atoms with Gasteiger partial charge in [-0.1, -0.05) is 12.1 Å². The first-order valence-electron chi connectivity index (χ1n) is 6.02. The fraction of sp³-hybridized carbons (Fsp3) is 0.818. The van der Waals surface area contributed by atoms with E-state index in [1.54, 1.807) is 0 Å². The summed E-state index contributed by atoms with van der Waals surface area (Å²) >= 11 is 0. The van der Waals surface area contributed by atoms with Crippen molar-refractivity contribution in [3.8, 4) is 0 Å². The molecular weight excluding hydrogens is 204 g/mol. The van der Waals surface area contributed by atoms with Gasteiger partial charge in [-0.2, -0.15) is 4.98 Å². The van der Waals surface area contributed by atoms with E-state index in [0.29, 0.717) is 11.8 Å². The Hall–Kier alpha value is -0.940. The summed E-state index contributed by atoms with van der Waals surface area (Å²) in [5, 5.41) is 4.03. The predicted molar refractivity (Wildman–Crippen MR) is 61.0 cm³/mol.